The molecule has 2 spiro atoms. The van der Waals surface area contributed by atoms with Crippen molar-refractivity contribution in [3.05, 3.63) is 70.8 Å². The second-order valence-electron chi connectivity index (χ2n) is 25.9. The average Bonchev–Trinajstić information content (AvgIpc) is 3.70. The zero-order chi connectivity index (χ0) is 54.2. The van der Waals surface area contributed by atoms with E-state index in [2.05, 4.69) is 93.3 Å². The van der Waals surface area contributed by atoms with Gasteiger partial charge in [0, 0.05) is 0 Å². The fourth-order valence-corrected chi connectivity index (χ4v) is 10.9. The van der Waals surface area contributed by atoms with Crippen LogP contribution in [0.15, 0.2) is 53.5 Å². The molecular weight excluding hydrogens is 948 g/mol. The molecule has 1 saturated heterocycles. The summed E-state index contributed by atoms with van der Waals surface area (Å²) in [5.74, 6) is -0.406. The van der Waals surface area contributed by atoms with Gasteiger partial charge in [-0.15, -0.1) is 23.2 Å². The summed E-state index contributed by atoms with van der Waals surface area (Å²) >= 11 is 9.53. The van der Waals surface area contributed by atoms with E-state index >= 15 is 0 Å². The molecule has 2 heterocycles. The highest BCUT2D eigenvalue weighted by Gasteiger charge is 2.55. The summed E-state index contributed by atoms with van der Waals surface area (Å²) in [7, 11) is 0. The van der Waals surface area contributed by atoms with Gasteiger partial charge < -0.3 is 24.6 Å². The van der Waals surface area contributed by atoms with Crippen molar-refractivity contribution in [3.63, 3.8) is 0 Å². The van der Waals surface area contributed by atoms with Crippen LogP contribution >= 0.6 is 23.2 Å². The number of aliphatic imine (C=N–C) groups is 1. The first-order valence-corrected chi connectivity index (χ1v) is 27.6. The predicted molar refractivity (Wildman–Crippen MR) is 292 cm³/mol. The number of ether oxygens (including phenoxy) is 2. The standard InChI is InChI=1S/C29H44N2O4.C29H44N2O3.CH2Cl2/c1-19(2)35-26(34)21-11-9-20(10-12-21)23(15-16-27(3,4)5)31-25(33)24(32)30-29(31)17-13-22(14-18-29)28(6,7)8;1-20(2)34-26(33)22-11-9-21(10-12-22)24(15-16-27(3,4)5)31-25(32)19-30-29(31)17-13-23(14-18-29)28(6,7)8;2-1-3/h9-12,19,22-23H,13-18H2,1-8H3,(H,30,32);9-12,19-20,23-24H,13-18H2,1-8H3;1H2/t22?,23-,29?;23?,24-,29?;/m11./s1. The first-order valence-electron chi connectivity index (χ1n) is 26.5. The molecule has 0 unspecified atom stereocenters. The third-order valence-electron chi connectivity index (χ3n) is 15.1. The van der Waals surface area contributed by atoms with Crippen LogP contribution < -0.4 is 5.32 Å². The van der Waals surface area contributed by atoms with Crippen LogP contribution in [-0.2, 0) is 23.9 Å². The summed E-state index contributed by atoms with van der Waals surface area (Å²) < 4.78 is 10.7. The molecule has 0 bridgehead atoms. The predicted octanol–water partition coefficient (Wildman–Crippen LogP) is 14.4. The van der Waals surface area contributed by atoms with Crippen LogP contribution in [0.1, 0.15) is 232 Å². The highest BCUT2D eigenvalue weighted by molar-refractivity contribution is 6.40. The maximum Gasteiger partial charge on any atom is 0.338 e. The van der Waals surface area contributed by atoms with Crippen molar-refractivity contribution in [3.8, 4) is 0 Å². The lowest BCUT2D eigenvalue weighted by Crippen LogP contribution is -2.56. The molecule has 402 valence electrons. The Kier molecular flexibility index (Phi) is 20.7. The van der Waals surface area contributed by atoms with Crippen LogP contribution in [0.5, 0.6) is 0 Å². The highest BCUT2D eigenvalue weighted by atomic mass is 35.5. The van der Waals surface area contributed by atoms with Crippen molar-refractivity contribution >= 4 is 59.1 Å². The van der Waals surface area contributed by atoms with Gasteiger partial charge in [0.1, 0.15) is 11.3 Å². The lowest BCUT2D eigenvalue weighted by atomic mass is 9.69. The molecule has 2 saturated carbocycles. The lowest BCUT2D eigenvalue weighted by molar-refractivity contribution is -0.144. The molecule has 11 nitrogen and oxygen atoms in total. The van der Waals surface area contributed by atoms with E-state index in [-0.39, 0.29) is 69.1 Å². The van der Waals surface area contributed by atoms with E-state index in [0.717, 1.165) is 88.2 Å². The molecule has 3 fully saturated rings. The fourth-order valence-electron chi connectivity index (χ4n) is 10.9. The number of amides is 3. The number of esters is 2. The number of nitrogens with zero attached hydrogens (tertiary/aromatic N) is 3. The van der Waals surface area contributed by atoms with Crippen molar-refractivity contribution in [2.24, 2.45) is 38.5 Å². The smallest absolute Gasteiger partial charge is 0.338 e. The van der Waals surface area contributed by atoms with Gasteiger partial charge in [0.2, 0.25) is 0 Å². The van der Waals surface area contributed by atoms with Crippen LogP contribution in [0, 0.1) is 33.5 Å². The quantitative estimate of drug-likeness (QED) is 0.127. The van der Waals surface area contributed by atoms with Crippen molar-refractivity contribution in [2.75, 3.05) is 5.34 Å². The molecule has 2 atom stereocenters. The van der Waals surface area contributed by atoms with Gasteiger partial charge in [0.15, 0.2) is 0 Å². The van der Waals surface area contributed by atoms with Crippen molar-refractivity contribution in [1.82, 2.24) is 15.1 Å². The zero-order valence-electron chi connectivity index (χ0n) is 46.8. The van der Waals surface area contributed by atoms with Gasteiger partial charge in [-0.25, -0.2) is 9.59 Å². The van der Waals surface area contributed by atoms with Crippen LogP contribution in [-0.4, -0.2) is 74.5 Å². The average molecular weight is 1040 g/mol. The van der Waals surface area contributed by atoms with Crippen LogP contribution in [0.3, 0.4) is 0 Å². The fraction of sp³-hybridized carbons (Fsp3) is 0.695. The van der Waals surface area contributed by atoms with E-state index in [0.29, 0.717) is 23.0 Å². The van der Waals surface area contributed by atoms with Gasteiger partial charge in [0.05, 0.1) is 47.0 Å². The van der Waals surface area contributed by atoms with E-state index in [9.17, 15) is 24.0 Å². The Hall–Kier alpha value is -3.96. The molecule has 2 aromatic carbocycles. The first kappa shape index (κ1) is 60.6. The monoisotopic (exact) mass is 1040 g/mol. The molecule has 2 aromatic rings. The minimum atomic E-state index is -0.645. The Morgan fingerprint density at radius 2 is 0.986 bits per heavy atom. The molecular formula is C59H90Cl2N4O7. The van der Waals surface area contributed by atoms with Crippen LogP contribution in [0.25, 0.3) is 0 Å². The Labute approximate surface area is 443 Å². The molecule has 4 aliphatic rings. The Morgan fingerprint density at radius 1 is 0.625 bits per heavy atom. The number of hydrogen-bond donors (Lipinski definition) is 1. The number of nitrogens with one attached hydrogen (secondary N) is 1. The van der Waals surface area contributed by atoms with Gasteiger partial charge >= 0.3 is 23.8 Å². The van der Waals surface area contributed by atoms with Crippen molar-refractivity contribution in [1.29, 1.82) is 0 Å². The Balaban J connectivity index is 0.000000296. The van der Waals surface area contributed by atoms with E-state index in [1.165, 1.54) is 0 Å². The molecule has 3 amide bonds. The van der Waals surface area contributed by atoms with Gasteiger partial charge in [-0.05, 0) is 174 Å². The maximum atomic E-state index is 13.3. The molecule has 0 radical (unpaired) electrons. The number of carbonyl (C=O) groups excluding carboxylic acids is 5. The van der Waals surface area contributed by atoms with Gasteiger partial charge in [-0.3, -0.25) is 19.4 Å². The second kappa shape index (κ2) is 24.6. The second-order valence-corrected chi connectivity index (χ2v) is 26.7. The maximum absolute atomic E-state index is 13.3. The minimum absolute atomic E-state index is 0.0106. The Morgan fingerprint density at radius 3 is 1.33 bits per heavy atom. The largest absolute Gasteiger partial charge is 0.459 e. The number of alkyl halides is 2. The minimum Gasteiger partial charge on any atom is -0.459 e. The summed E-state index contributed by atoms with van der Waals surface area (Å²) in [6.45, 7) is 34.4. The third kappa shape index (κ3) is 16.3. The number of rotatable bonds is 12. The SMILES string of the molecule is CC(C)OC(=O)c1ccc([C@@H](CCC(C)(C)C)N2C(=O)C(=O)NC23CCC(C(C)(C)C)CC3)cc1.CC(C)OC(=O)c1ccc([C@@H](CCC(C)(C)C)N2C(=O)C=NC23CCC(C(C)(C)C)CC3)cc1.ClCCl. The molecule has 0 aromatic heterocycles. The van der Waals surface area contributed by atoms with Crippen LogP contribution in [0.2, 0.25) is 0 Å². The summed E-state index contributed by atoms with van der Waals surface area (Å²) in [5, 5.41) is 3.30. The number of carbonyl (C=O) groups is 5. The van der Waals surface area contributed by atoms with E-state index < -0.39 is 23.1 Å². The molecule has 6 rings (SSSR count). The Bertz CT molecular complexity index is 2160. The summed E-state index contributed by atoms with van der Waals surface area (Å²) in [4.78, 5) is 72.8. The van der Waals surface area contributed by atoms with Gasteiger partial charge in [-0.1, -0.05) is 107 Å². The molecule has 13 heteroatoms. The zero-order valence-corrected chi connectivity index (χ0v) is 48.3. The molecule has 2 aliphatic carbocycles. The lowest BCUT2D eigenvalue weighted by Gasteiger charge is -2.48. The molecule has 2 aliphatic heterocycles. The van der Waals surface area contributed by atoms with Crippen LogP contribution in [0.4, 0.5) is 0 Å². The summed E-state index contributed by atoms with van der Waals surface area (Å²) in [6, 6.07) is 14.7. The molecule has 1 N–H and O–H groups in total. The topological polar surface area (TPSA) is 135 Å². The van der Waals surface area contributed by atoms with Crippen molar-refractivity contribution in [2.45, 2.75) is 223 Å². The normalized spacial score (nSPS) is 23.4. The summed E-state index contributed by atoms with van der Waals surface area (Å²) in [6.07, 6.45) is 12.1. The third-order valence-corrected chi connectivity index (χ3v) is 15.1. The number of benzene rings is 2. The van der Waals surface area contributed by atoms with Gasteiger partial charge in [0.25, 0.3) is 5.91 Å². The highest BCUT2D eigenvalue weighted by Crippen LogP contribution is 2.50. The summed E-state index contributed by atoms with van der Waals surface area (Å²) in [5.41, 5.74) is 2.63. The van der Waals surface area contributed by atoms with Crippen molar-refractivity contribution < 1.29 is 33.4 Å². The van der Waals surface area contributed by atoms with E-state index in [1.807, 2.05) is 69.0 Å². The van der Waals surface area contributed by atoms with E-state index in [1.54, 1.807) is 18.3 Å². The number of hydrogen-bond acceptors (Lipinski definition) is 8. The molecule has 72 heavy (non-hydrogen) atoms. The first-order chi connectivity index (χ1) is 33.3. The van der Waals surface area contributed by atoms with Gasteiger partial charge in [-0.2, -0.15) is 0 Å². The van der Waals surface area contributed by atoms with E-state index in [4.69, 9.17) is 37.7 Å². The number of halogens is 2.